The molecule has 1 nitrogen and oxygen atoms in total. The zero-order chi connectivity index (χ0) is 12.0. The first-order valence-corrected chi connectivity index (χ1v) is 6.46. The van der Waals surface area contributed by atoms with Crippen LogP contribution in [0, 0.1) is 5.92 Å². The molecule has 1 atom stereocenters. The van der Waals surface area contributed by atoms with Crippen LogP contribution in [0.15, 0.2) is 24.3 Å². The molecule has 0 aliphatic heterocycles. The molecule has 1 aromatic carbocycles. The van der Waals surface area contributed by atoms with Crippen molar-refractivity contribution in [3.8, 4) is 0 Å². The standard InChI is InChI=1S/C14H21ClO/c1-3-11(4-2)9-14(16)10-12-5-7-13(15)8-6-12/h5-8,11,14,16H,3-4,9-10H2,1-2H3. The lowest BCUT2D eigenvalue weighted by Gasteiger charge is -2.17. The van der Waals surface area contributed by atoms with Crippen molar-refractivity contribution < 1.29 is 5.11 Å². The smallest absolute Gasteiger partial charge is 0.0583 e. The minimum absolute atomic E-state index is 0.230. The lowest BCUT2D eigenvalue weighted by molar-refractivity contribution is 0.139. The first-order chi connectivity index (χ1) is 7.65. The Bertz CT molecular complexity index is 290. The summed E-state index contributed by atoms with van der Waals surface area (Å²) < 4.78 is 0. The summed E-state index contributed by atoms with van der Waals surface area (Å²) in [5, 5.41) is 10.7. The van der Waals surface area contributed by atoms with E-state index in [2.05, 4.69) is 13.8 Å². The number of aliphatic hydroxyl groups is 1. The van der Waals surface area contributed by atoms with Gasteiger partial charge in [-0.3, -0.25) is 0 Å². The Kier molecular flexibility index (Phi) is 5.86. The van der Waals surface area contributed by atoms with E-state index >= 15 is 0 Å². The maximum absolute atomic E-state index is 9.97. The van der Waals surface area contributed by atoms with E-state index in [4.69, 9.17) is 11.6 Å². The molecule has 1 N–H and O–H groups in total. The summed E-state index contributed by atoms with van der Waals surface area (Å²) in [6.45, 7) is 4.37. The van der Waals surface area contributed by atoms with Crippen LogP contribution in [0.4, 0.5) is 0 Å². The highest BCUT2D eigenvalue weighted by Gasteiger charge is 2.11. The van der Waals surface area contributed by atoms with E-state index < -0.39 is 0 Å². The van der Waals surface area contributed by atoms with E-state index in [9.17, 15) is 5.11 Å². The summed E-state index contributed by atoms with van der Waals surface area (Å²) >= 11 is 5.81. The number of halogens is 1. The van der Waals surface area contributed by atoms with Crippen molar-refractivity contribution in [2.45, 2.75) is 45.6 Å². The second-order valence-corrected chi connectivity index (χ2v) is 4.84. The van der Waals surface area contributed by atoms with Gasteiger partial charge in [-0.25, -0.2) is 0 Å². The number of hydrogen-bond acceptors (Lipinski definition) is 1. The molecule has 90 valence electrons. The summed E-state index contributed by atoms with van der Waals surface area (Å²) in [5.41, 5.74) is 1.16. The molecule has 16 heavy (non-hydrogen) atoms. The van der Waals surface area contributed by atoms with Gasteiger partial charge in [0, 0.05) is 5.02 Å². The molecule has 0 fully saturated rings. The third-order valence-electron chi connectivity index (χ3n) is 3.14. The molecule has 0 aromatic heterocycles. The van der Waals surface area contributed by atoms with Gasteiger partial charge in [0.2, 0.25) is 0 Å². The second-order valence-electron chi connectivity index (χ2n) is 4.40. The fourth-order valence-electron chi connectivity index (χ4n) is 1.98. The van der Waals surface area contributed by atoms with Crippen molar-refractivity contribution in [1.29, 1.82) is 0 Å². The number of aliphatic hydroxyl groups excluding tert-OH is 1. The highest BCUT2D eigenvalue weighted by atomic mass is 35.5. The van der Waals surface area contributed by atoms with E-state index in [0.29, 0.717) is 5.92 Å². The van der Waals surface area contributed by atoms with Gasteiger partial charge in [-0.1, -0.05) is 50.4 Å². The Hall–Kier alpha value is -0.530. The van der Waals surface area contributed by atoms with E-state index in [1.807, 2.05) is 24.3 Å². The molecule has 1 unspecified atom stereocenters. The summed E-state index contributed by atoms with van der Waals surface area (Å²) in [6.07, 6.45) is 3.69. The quantitative estimate of drug-likeness (QED) is 0.795. The average Bonchev–Trinajstić information content (AvgIpc) is 2.29. The predicted octanol–water partition coefficient (Wildman–Crippen LogP) is 4.07. The largest absolute Gasteiger partial charge is 0.393 e. The van der Waals surface area contributed by atoms with Crippen LogP contribution in [0.3, 0.4) is 0 Å². The zero-order valence-corrected chi connectivity index (χ0v) is 10.9. The molecule has 0 amide bonds. The van der Waals surface area contributed by atoms with Gasteiger partial charge in [0.15, 0.2) is 0 Å². The lowest BCUT2D eigenvalue weighted by Crippen LogP contribution is -2.15. The highest BCUT2D eigenvalue weighted by Crippen LogP contribution is 2.18. The van der Waals surface area contributed by atoms with Crippen LogP contribution in [0.5, 0.6) is 0 Å². The van der Waals surface area contributed by atoms with Crippen molar-refractivity contribution in [1.82, 2.24) is 0 Å². The van der Waals surface area contributed by atoms with Gasteiger partial charge in [-0.15, -0.1) is 0 Å². The minimum atomic E-state index is -0.230. The third kappa shape index (κ3) is 4.54. The van der Waals surface area contributed by atoms with E-state index in [1.54, 1.807) is 0 Å². The second kappa shape index (κ2) is 6.93. The maximum Gasteiger partial charge on any atom is 0.0583 e. The average molecular weight is 241 g/mol. The van der Waals surface area contributed by atoms with Gasteiger partial charge < -0.3 is 5.11 Å². The zero-order valence-electron chi connectivity index (χ0n) is 10.1. The van der Waals surface area contributed by atoms with Crippen molar-refractivity contribution in [2.75, 3.05) is 0 Å². The molecule has 0 aliphatic rings. The Morgan fingerprint density at radius 1 is 1.12 bits per heavy atom. The Morgan fingerprint density at radius 2 is 1.69 bits per heavy atom. The summed E-state index contributed by atoms with van der Waals surface area (Å²) in [4.78, 5) is 0. The van der Waals surface area contributed by atoms with Crippen LogP contribution in [0.1, 0.15) is 38.7 Å². The molecule has 2 heteroatoms. The molecular weight excluding hydrogens is 220 g/mol. The monoisotopic (exact) mass is 240 g/mol. The molecule has 1 rings (SSSR count). The van der Waals surface area contributed by atoms with Gasteiger partial charge in [0.05, 0.1) is 6.10 Å². The fourth-order valence-corrected chi connectivity index (χ4v) is 2.11. The molecule has 0 heterocycles. The van der Waals surface area contributed by atoms with Crippen molar-refractivity contribution in [2.24, 2.45) is 5.92 Å². The lowest BCUT2D eigenvalue weighted by atomic mass is 9.93. The summed E-state index contributed by atoms with van der Waals surface area (Å²) in [7, 11) is 0. The Morgan fingerprint density at radius 3 is 2.19 bits per heavy atom. The molecule has 0 bridgehead atoms. The molecule has 0 radical (unpaired) electrons. The summed E-state index contributed by atoms with van der Waals surface area (Å²) in [6, 6.07) is 7.72. The van der Waals surface area contributed by atoms with Gasteiger partial charge in [0.1, 0.15) is 0 Å². The van der Waals surface area contributed by atoms with Crippen LogP contribution in [0.25, 0.3) is 0 Å². The molecule has 0 saturated heterocycles. The van der Waals surface area contributed by atoms with Gasteiger partial charge in [-0.05, 0) is 36.5 Å². The van der Waals surface area contributed by atoms with Crippen LogP contribution < -0.4 is 0 Å². The van der Waals surface area contributed by atoms with Crippen LogP contribution in [-0.4, -0.2) is 11.2 Å². The molecular formula is C14H21ClO. The normalized spacial score (nSPS) is 13.1. The van der Waals surface area contributed by atoms with Crippen molar-refractivity contribution in [3.05, 3.63) is 34.9 Å². The fraction of sp³-hybridized carbons (Fsp3) is 0.571. The van der Waals surface area contributed by atoms with Crippen LogP contribution >= 0.6 is 11.6 Å². The minimum Gasteiger partial charge on any atom is -0.393 e. The van der Waals surface area contributed by atoms with Gasteiger partial charge in [0.25, 0.3) is 0 Å². The highest BCUT2D eigenvalue weighted by molar-refractivity contribution is 6.30. The maximum atomic E-state index is 9.97. The van der Waals surface area contributed by atoms with Crippen LogP contribution in [0.2, 0.25) is 5.02 Å². The first kappa shape index (κ1) is 13.5. The van der Waals surface area contributed by atoms with Crippen molar-refractivity contribution >= 4 is 11.6 Å². The van der Waals surface area contributed by atoms with Gasteiger partial charge >= 0.3 is 0 Å². The summed E-state index contributed by atoms with van der Waals surface area (Å²) in [5.74, 6) is 0.641. The topological polar surface area (TPSA) is 20.2 Å². The number of hydrogen-bond donors (Lipinski definition) is 1. The molecule has 0 spiro atoms. The van der Waals surface area contributed by atoms with E-state index in [-0.39, 0.29) is 6.10 Å². The van der Waals surface area contributed by atoms with Crippen molar-refractivity contribution in [3.63, 3.8) is 0 Å². The number of rotatable bonds is 6. The molecule has 0 aliphatic carbocycles. The Balaban J connectivity index is 2.44. The van der Waals surface area contributed by atoms with E-state index in [0.717, 1.165) is 36.3 Å². The molecule has 1 aromatic rings. The Labute approximate surface area is 103 Å². The first-order valence-electron chi connectivity index (χ1n) is 6.08. The SMILES string of the molecule is CCC(CC)CC(O)Cc1ccc(Cl)cc1. The van der Waals surface area contributed by atoms with Crippen LogP contribution in [-0.2, 0) is 6.42 Å². The third-order valence-corrected chi connectivity index (χ3v) is 3.40. The number of benzene rings is 1. The van der Waals surface area contributed by atoms with E-state index in [1.165, 1.54) is 0 Å². The van der Waals surface area contributed by atoms with Gasteiger partial charge in [-0.2, -0.15) is 0 Å². The molecule has 0 saturated carbocycles. The predicted molar refractivity (Wildman–Crippen MR) is 69.9 cm³/mol.